The summed E-state index contributed by atoms with van der Waals surface area (Å²) in [6.45, 7) is 7.11. The second-order valence-corrected chi connectivity index (χ2v) is 6.61. The number of aryl methyl sites for hydroxylation is 1. The third-order valence-corrected chi connectivity index (χ3v) is 4.69. The topological polar surface area (TPSA) is 61.0 Å². The second kappa shape index (κ2) is 7.13. The molecule has 2 heterocycles. The summed E-state index contributed by atoms with van der Waals surface area (Å²) in [4.78, 5) is 22.3. The number of fused-ring (bicyclic) bond motifs is 1. The number of H-pyrrole nitrogens is 1. The Morgan fingerprint density at radius 1 is 1.39 bits per heavy atom. The van der Waals surface area contributed by atoms with E-state index in [0.29, 0.717) is 19.0 Å². The minimum absolute atomic E-state index is 0.104. The van der Waals surface area contributed by atoms with Crippen molar-refractivity contribution < 1.29 is 4.79 Å². The quantitative estimate of drug-likeness (QED) is 0.862. The first-order valence-corrected chi connectivity index (χ1v) is 8.58. The predicted octanol–water partition coefficient (Wildman–Crippen LogP) is 2.75. The fourth-order valence-electron chi connectivity index (χ4n) is 3.24. The highest BCUT2D eigenvalue weighted by atomic mass is 16.1. The molecular formula is C18H26N4O. The molecule has 1 fully saturated rings. The molecule has 0 bridgehead atoms. The Morgan fingerprint density at radius 3 is 2.96 bits per heavy atom. The Bertz CT molecular complexity index is 673. The van der Waals surface area contributed by atoms with Gasteiger partial charge in [0, 0.05) is 12.5 Å². The van der Waals surface area contributed by atoms with E-state index in [4.69, 9.17) is 0 Å². The molecule has 1 saturated heterocycles. The summed E-state index contributed by atoms with van der Waals surface area (Å²) in [7, 11) is 0. The number of benzene rings is 1. The highest BCUT2D eigenvalue weighted by Gasteiger charge is 2.18. The van der Waals surface area contributed by atoms with Gasteiger partial charge in [-0.25, -0.2) is 4.98 Å². The number of likely N-dealkylation sites (tertiary alicyclic amines) is 1. The molecule has 3 rings (SSSR count). The summed E-state index contributed by atoms with van der Waals surface area (Å²) >= 11 is 0. The van der Waals surface area contributed by atoms with Crippen LogP contribution in [0, 0.1) is 6.92 Å². The van der Waals surface area contributed by atoms with Crippen LogP contribution in [0.2, 0.25) is 0 Å². The summed E-state index contributed by atoms with van der Waals surface area (Å²) in [5, 5.41) is 2.97. The zero-order valence-electron chi connectivity index (χ0n) is 14.1. The van der Waals surface area contributed by atoms with Crippen molar-refractivity contribution in [2.24, 2.45) is 0 Å². The number of aromatic nitrogens is 2. The number of hydrogen-bond acceptors (Lipinski definition) is 3. The summed E-state index contributed by atoms with van der Waals surface area (Å²) < 4.78 is 0. The summed E-state index contributed by atoms with van der Waals surface area (Å²) in [5.74, 6) is 0.916. The fourth-order valence-corrected chi connectivity index (χ4v) is 3.24. The van der Waals surface area contributed by atoms with Gasteiger partial charge in [-0.15, -0.1) is 0 Å². The van der Waals surface area contributed by atoms with E-state index in [-0.39, 0.29) is 5.91 Å². The molecule has 5 nitrogen and oxygen atoms in total. The molecule has 1 aliphatic rings. The average molecular weight is 314 g/mol. The van der Waals surface area contributed by atoms with Crippen LogP contribution < -0.4 is 5.32 Å². The molecule has 23 heavy (non-hydrogen) atoms. The molecule has 1 aromatic heterocycles. The van der Waals surface area contributed by atoms with Crippen molar-refractivity contribution >= 4 is 16.9 Å². The molecule has 1 aromatic carbocycles. The van der Waals surface area contributed by atoms with Crippen molar-refractivity contribution in [2.45, 2.75) is 52.1 Å². The summed E-state index contributed by atoms with van der Waals surface area (Å²) in [6, 6.07) is 6.62. The first kappa shape index (κ1) is 16.0. The van der Waals surface area contributed by atoms with Gasteiger partial charge < -0.3 is 15.2 Å². The normalized spacial score (nSPS) is 16.8. The Kier molecular flexibility index (Phi) is 4.96. The van der Waals surface area contributed by atoms with E-state index in [9.17, 15) is 4.79 Å². The van der Waals surface area contributed by atoms with Crippen LogP contribution in [0.5, 0.6) is 0 Å². The molecule has 124 valence electrons. The van der Waals surface area contributed by atoms with E-state index in [2.05, 4.69) is 40.1 Å². The van der Waals surface area contributed by atoms with Gasteiger partial charge in [0.05, 0.1) is 17.6 Å². The number of hydrogen-bond donors (Lipinski definition) is 2. The Balaban J connectivity index is 1.46. The number of rotatable bonds is 6. The SMILES string of the molecule is Cc1ccc2nc(CNC(=O)CC[C@@H](C)N3CCCC3)[nH]c2c1. The summed E-state index contributed by atoms with van der Waals surface area (Å²) in [6.07, 6.45) is 4.09. The number of amides is 1. The molecule has 1 atom stereocenters. The standard InChI is InChI=1S/C18H26N4O/c1-13-5-7-15-16(11-13)21-17(20-15)12-19-18(23)8-6-14(2)22-9-3-4-10-22/h5,7,11,14H,3-4,6,8-10,12H2,1-2H3,(H,19,23)(H,20,21)/t14-/m1/s1. The van der Waals surface area contributed by atoms with Gasteiger partial charge in [0.1, 0.15) is 5.82 Å². The lowest BCUT2D eigenvalue weighted by molar-refractivity contribution is -0.121. The van der Waals surface area contributed by atoms with Crippen molar-refractivity contribution in [3.8, 4) is 0 Å². The molecule has 0 unspecified atom stereocenters. The van der Waals surface area contributed by atoms with E-state index < -0.39 is 0 Å². The minimum atomic E-state index is 0.104. The lowest BCUT2D eigenvalue weighted by Gasteiger charge is -2.23. The second-order valence-electron chi connectivity index (χ2n) is 6.61. The lowest BCUT2D eigenvalue weighted by Crippen LogP contribution is -2.32. The van der Waals surface area contributed by atoms with Crippen molar-refractivity contribution in [3.05, 3.63) is 29.6 Å². The van der Waals surface area contributed by atoms with E-state index in [1.165, 1.54) is 31.5 Å². The molecule has 0 saturated carbocycles. The molecule has 2 N–H and O–H groups in total. The Morgan fingerprint density at radius 2 is 2.17 bits per heavy atom. The number of aromatic amines is 1. The largest absolute Gasteiger partial charge is 0.349 e. The van der Waals surface area contributed by atoms with Crippen LogP contribution in [0.1, 0.15) is 44.0 Å². The molecule has 5 heteroatoms. The summed E-state index contributed by atoms with van der Waals surface area (Å²) in [5.41, 5.74) is 3.17. The van der Waals surface area contributed by atoms with Gasteiger partial charge in [0.15, 0.2) is 0 Å². The van der Waals surface area contributed by atoms with Crippen molar-refractivity contribution in [3.63, 3.8) is 0 Å². The first-order chi connectivity index (χ1) is 11.1. The maximum absolute atomic E-state index is 12.0. The molecule has 1 amide bonds. The first-order valence-electron chi connectivity index (χ1n) is 8.58. The fraction of sp³-hybridized carbons (Fsp3) is 0.556. The van der Waals surface area contributed by atoms with Gasteiger partial charge in [-0.05, 0) is 63.9 Å². The predicted molar refractivity (Wildman–Crippen MR) is 92.2 cm³/mol. The number of nitrogens with zero attached hydrogens (tertiary/aromatic N) is 2. The van der Waals surface area contributed by atoms with Crippen LogP contribution in [-0.4, -0.2) is 39.9 Å². The Hall–Kier alpha value is -1.88. The zero-order chi connectivity index (χ0) is 16.2. The molecule has 0 radical (unpaired) electrons. The average Bonchev–Trinajstić information content (AvgIpc) is 3.19. The highest BCUT2D eigenvalue weighted by Crippen LogP contribution is 2.15. The number of carbonyl (C=O) groups excluding carboxylic acids is 1. The smallest absolute Gasteiger partial charge is 0.220 e. The third-order valence-electron chi connectivity index (χ3n) is 4.69. The van der Waals surface area contributed by atoms with E-state index in [1.807, 2.05) is 12.1 Å². The lowest BCUT2D eigenvalue weighted by atomic mass is 10.1. The van der Waals surface area contributed by atoms with Crippen molar-refractivity contribution in [1.82, 2.24) is 20.2 Å². The molecular weight excluding hydrogens is 288 g/mol. The molecule has 0 spiro atoms. The van der Waals surface area contributed by atoms with Crippen molar-refractivity contribution in [1.29, 1.82) is 0 Å². The van der Waals surface area contributed by atoms with Crippen molar-refractivity contribution in [2.75, 3.05) is 13.1 Å². The minimum Gasteiger partial charge on any atom is -0.349 e. The van der Waals surface area contributed by atoms with Crippen LogP contribution in [0.25, 0.3) is 11.0 Å². The van der Waals surface area contributed by atoms with Crippen LogP contribution >= 0.6 is 0 Å². The highest BCUT2D eigenvalue weighted by molar-refractivity contribution is 5.77. The Labute approximate surface area is 137 Å². The van der Waals surface area contributed by atoms with Gasteiger partial charge in [-0.1, -0.05) is 6.07 Å². The maximum Gasteiger partial charge on any atom is 0.220 e. The van der Waals surface area contributed by atoms with E-state index in [1.54, 1.807) is 0 Å². The zero-order valence-corrected chi connectivity index (χ0v) is 14.1. The van der Waals surface area contributed by atoms with E-state index >= 15 is 0 Å². The van der Waals surface area contributed by atoms with Crippen LogP contribution in [0.4, 0.5) is 0 Å². The van der Waals surface area contributed by atoms with Crippen LogP contribution in [0.3, 0.4) is 0 Å². The van der Waals surface area contributed by atoms with Gasteiger partial charge in [0.2, 0.25) is 5.91 Å². The number of imidazole rings is 1. The number of carbonyl (C=O) groups is 1. The van der Waals surface area contributed by atoms with Gasteiger partial charge in [-0.3, -0.25) is 4.79 Å². The maximum atomic E-state index is 12.0. The van der Waals surface area contributed by atoms with Crippen LogP contribution in [-0.2, 0) is 11.3 Å². The van der Waals surface area contributed by atoms with Gasteiger partial charge >= 0.3 is 0 Å². The monoisotopic (exact) mass is 314 g/mol. The van der Waals surface area contributed by atoms with Gasteiger partial charge in [-0.2, -0.15) is 0 Å². The van der Waals surface area contributed by atoms with E-state index in [0.717, 1.165) is 23.3 Å². The molecule has 2 aromatic rings. The van der Waals surface area contributed by atoms with Gasteiger partial charge in [0.25, 0.3) is 0 Å². The molecule has 1 aliphatic heterocycles. The third kappa shape index (κ3) is 4.10. The molecule has 0 aliphatic carbocycles. The van der Waals surface area contributed by atoms with Crippen LogP contribution in [0.15, 0.2) is 18.2 Å². The number of nitrogens with one attached hydrogen (secondary N) is 2.